The first-order valence-corrected chi connectivity index (χ1v) is 5.96. The van der Waals surface area contributed by atoms with E-state index in [-0.39, 0.29) is 6.42 Å². The van der Waals surface area contributed by atoms with Gasteiger partial charge in [-0.2, -0.15) is 0 Å². The van der Waals surface area contributed by atoms with E-state index in [1.165, 1.54) is 0 Å². The summed E-state index contributed by atoms with van der Waals surface area (Å²) in [5.74, 6) is 1.05. The molecule has 20 heavy (non-hydrogen) atoms. The van der Waals surface area contributed by atoms with Gasteiger partial charge < -0.3 is 20.6 Å². The number of nitrogens with zero attached hydrogens (tertiary/aromatic N) is 1. The van der Waals surface area contributed by atoms with Crippen molar-refractivity contribution in [3.05, 3.63) is 24.3 Å². The Hall–Kier alpha value is -2.68. The molecule has 2 amide bonds. The van der Waals surface area contributed by atoms with E-state index >= 15 is 0 Å². The fourth-order valence-electron chi connectivity index (χ4n) is 1.60. The Morgan fingerprint density at radius 1 is 1.40 bits per heavy atom. The summed E-state index contributed by atoms with van der Waals surface area (Å²) in [4.78, 5) is 24.5. The van der Waals surface area contributed by atoms with Crippen LogP contribution in [0.15, 0.2) is 24.3 Å². The van der Waals surface area contributed by atoms with Crippen molar-refractivity contribution in [3.8, 4) is 12.3 Å². The summed E-state index contributed by atoms with van der Waals surface area (Å²) in [6, 6.07) is 5.47. The predicted octanol–water partition coefficient (Wildman–Crippen LogP) is 1.35. The molecule has 106 valence electrons. The van der Waals surface area contributed by atoms with Gasteiger partial charge in [0.1, 0.15) is 6.04 Å². The van der Waals surface area contributed by atoms with Gasteiger partial charge in [0.25, 0.3) is 0 Å². The fourth-order valence-corrected chi connectivity index (χ4v) is 1.60. The normalized spacial score (nSPS) is 11.1. The summed E-state index contributed by atoms with van der Waals surface area (Å²) in [5.41, 5.74) is 1.39. The lowest BCUT2D eigenvalue weighted by atomic mass is 10.2. The Balaban J connectivity index is 2.76. The van der Waals surface area contributed by atoms with Crippen LogP contribution in [0.3, 0.4) is 0 Å². The Morgan fingerprint density at radius 2 is 2.05 bits per heavy atom. The molecule has 0 saturated heterocycles. The molecular formula is C14H17N3O3. The molecule has 1 aromatic rings. The highest BCUT2D eigenvalue weighted by atomic mass is 16.4. The summed E-state index contributed by atoms with van der Waals surface area (Å²) in [6.07, 6.45) is 5.00. The number of hydrogen-bond donors (Lipinski definition) is 3. The van der Waals surface area contributed by atoms with Crippen LogP contribution in [0.1, 0.15) is 6.42 Å². The highest BCUT2D eigenvalue weighted by Crippen LogP contribution is 2.23. The Bertz CT molecular complexity index is 535. The molecule has 0 heterocycles. The number of anilines is 2. The van der Waals surface area contributed by atoms with E-state index in [4.69, 9.17) is 11.5 Å². The Kier molecular flexibility index (Phi) is 5.42. The van der Waals surface area contributed by atoms with Gasteiger partial charge in [0.2, 0.25) is 0 Å². The van der Waals surface area contributed by atoms with Crippen LogP contribution in [0.5, 0.6) is 0 Å². The maximum absolute atomic E-state index is 11.8. The number of carbonyl (C=O) groups is 2. The number of amides is 2. The first-order valence-electron chi connectivity index (χ1n) is 5.96. The minimum absolute atomic E-state index is 0.0713. The van der Waals surface area contributed by atoms with E-state index in [0.29, 0.717) is 5.69 Å². The average Bonchev–Trinajstić information content (AvgIpc) is 2.38. The standard InChI is InChI=1S/C14H17N3O3/c1-4-7-11(13(18)19)16-14(20)15-10-8-5-6-9-12(10)17(2)3/h1,5-6,8-9,11H,7H2,2-3H3,(H,18,19)(H2,15,16,20). The second-order valence-corrected chi connectivity index (χ2v) is 4.31. The second kappa shape index (κ2) is 7.04. The maximum atomic E-state index is 11.8. The molecule has 3 N–H and O–H groups in total. The third kappa shape index (κ3) is 4.21. The van der Waals surface area contributed by atoms with Crippen LogP contribution in [0.25, 0.3) is 0 Å². The molecular weight excluding hydrogens is 258 g/mol. The summed E-state index contributed by atoms with van der Waals surface area (Å²) in [5, 5.41) is 13.8. The largest absolute Gasteiger partial charge is 0.480 e. The molecule has 6 nitrogen and oxygen atoms in total. The lowest BCUT2D eigenvalue weighted by molar-refractivity contribution is -0.139. The third-order valence-corrected chi connectivity index (χ3v) is 2.56. The Morgan fingerprint density at radius 3 is 2.60 bits per heavy atom. The van der Waals surface area contributed by atoms with Gasteiger partial charge in [0, 0.05) is 20.5 Å². The number of hydrogen-bond acceptors (Lipinski definition) is 3. The van der Waals surface area contributed by atoms with Crippen LogP contribution in [0.2, 0.25) is 0 Å². The summed E-state index contributed by atoms with van der Waals surface area (Å²) >= 11 is 0. The highest BCUT2D eigenvalue weighted by Gasteiger charge is 2.19. The van der Waals surface area contributed by atoms with Crippen LogP contribution in [0.4, 0.5) is 16.2 Å². The van der Waals surface area contributed by atoms with Gasteiger partial charge in [-0.3, -0.25) is 0 Å². The van der Waals surface area contributed by atoms with Crippen LogP contribution >= 0.6 is 0 Å². The maximum Gasteiger partial charge on any atom is 0.327 e. The molecule has 0 spiro atoms. The summed E-state index contributed by atoms with van der Waals surface area (Å²) in [6.45, 7) is 0. The molecule has 1 unspecified atom stereocenters. The summed E-state index contributed by atoms with van der Waals surface area (Å²) < 4.78 is 0. The average molecular weight is 275 g/mol. The van der Waals surface area contributed by atoms with E-state index in [2.05, 4.69) is 16.6 Å². The van der Waals surface area contributed by atoms with Crippen molar-refractivity contribution in [2.45, 2.75) is 12.5 Å². The Labute approximate surface area is 117 Å². The van der Waals surface area contributed by atoms with E-state index in [1.807, 2.05) is 31.1 Å². The lowest BCUT2D eigenvalue weighted by Crippen LogP contribution is -2.42. The zero-order valence-electron chi connectivity index (χ0n) is 11.4. The number of benzene rings is 1. The molecule has 1 aromatic carbocycles. The lowest BCUT2D eigenvalue weighted by Gasteiger charge is -2.19. The first kappa shape index (κ1) is 15.4. The molecule has 0 aliphatic rings. The number of nitrogens with one attached hydrogen (secondary N) is 2. The number of aliphatic carboxylic acids is 1. The van der Waals surface area contributed by atoms with Gasteiger partial charge >= 0.3 is 12.0 Å². The molecule has 0 aliphatic heterocycles. The van der Waals surface area contributed by atoms with E-state index in [0.717, 1.165) is 5.69 Å². The second-order valence-electron chi connectivity index (χ2n) is 4.31. The topological polar surface area (TPSA) is 81.7 Å². The number of para-hydroxylation sites is 2. The number of rotatable bonds is 5. The van der Waals surface area contributed by atoms with Gasteiger partial charge in [0.15, 0.2) is 0 Å². The van der Waals surface area contributed by atoms with Crippen molar-refractivity contribution in [2.24, 2.45) is 0 Å². The van der Waals surface area contributed by atoms with Crippen molar-refractivity contribution in [1.29, 1.82) is 0 Å². The van der Waals surface area contributed by atoms with Crippen molar-refractivity contribution in [1.82, 2.24) is 5.32 Å². The smallest absolute Gasteiger partial charge is 0.327 e. The molecule has 0 fully saturated rings. The fraction of sp³-hybridized carbons (Fsp3) is 0.286. The number of carboxylic acids is 1. The first-order chi connectivity index (χ1) is 9.45. The summed E-state index contributed by atoms with van der Waals surface area (Å²) in [7, 11) is 3.69. The van der Waals surface area contributed by atoms with Crippen molar-refractivity contribution in [2.75, 3.05) is 24.3 Å². The number of carboxylic acid groups (broad SMARTS) is 1. The van der Waals surface area contributed by atoms with Crippen LogP contribution in [-0.2, 0) is 4.79 Å². The molecule has 1 atom stereocenters. The van der Waals surface area contributed by atoms with Crippen LogP contribution in [-0.4, -0.2) is 37.2 Å². The molecule has 6 heteroatoms. The predicted molar refractivity (Wildman–Crippen MR) is 77.8 cm³/mol. The monoisotopic (exact) mass is 275 g/mol. The van der Waals surface area contributed by atoms with Gasteiger partial charge in [-0.15, -0.1) is 12.3 Å². The molecule has 0 radical (unpaired) electrons. The quantitative estimate of drug-likeness (QED) is 0.708. The molecule has 0 saturated carbocycles. The zero-order valence-corrected chi connectivity index (χ0v) is 11.4. The molecule has 0 aromatic heterocycles. The number of urea groups is 1. The minimum atomic E-state index is -1.17. The van der Waals surface area contributed by atoms with Crippen LogP contribution in [0, 0.1) is 12.3 Å². The SMILES string of the molecule is C#CCC(NC(=O)Nc1ccccc1N(C)C)C(=O)O. The van der Waals surface area contributed by atoms with Gasteiger partial charge in [-0.05, 0) is 12.1 Å². The van der Waals surface area contributed by atoms with Gasteiger partial charge in [0.05, 0.1) is 11.4 Å². The number of terminal acetylenes is 1. The van der Waals surface area contributed by atoms with E-state index < -0.39 is 18.0 Å². The van der Waals surface area contributed by atoms with Crippen molar-refractivity contribution < 1.29 is 14.7 Å². The molecule has 0 aliphatic carbocycles. The molecule has 1 rings (SSSR count). The van der Waals surface area contributed by atoms with Gasteiger partial charge in [-0.25, -0.2) is 9.59 Å². The highest BCUT2D eigenvalue weighted by molar-refractivity contribution is 5.95. The third-order valence-electron chi connectivity index (χ3n) is 2.56. The molecule has 0 bridgehead atoms. The zero-order chi connectivity index (χ0) is 15.1. The minimum Gasteiger partial charge on any atom is -0.480 e. The van der Waals surface area contributed by atoms with Crippen molar-refractivity contribution in [3.63, 3.8) is 0 Å². The van der Waals surface area contributed by atoms with E-state index in [1.54, 1.807) is 12.1 Å². The van der Waals surface area contributed by atoms with Crippen LogP contribution < -0.4 is 15.5 Å². The van der Waals surface area contributed by atoms with Crippen molar-refractivity contribution >= 4 is 23.4 Å². The van der Waals surface area contributed by atoms with Gasteiger partial charge in [-0.1, -0.05) is 12.1 Å². The van der Waals surface area contributed by atoms with E-state index in [9.17, 15) is 9.59 Å². The number of carbonyl (C=O) groups excluding carboxylic acids is 1.